The SMILES string of the molecule is CN1CCc2ccc(N)cc2C1.Cl. The first-order chi connectivity index (χ1) is 5.75. The van der Waals surface area contributed by atoms with Gasteiger partial charge in [0.05, 0.1) is 0 Å². The van der Waals surface area contributed by atoms with E-state index in [9.17, 15) is 0 Å². The van der Waals surface area contributed by atoms with Gasteiger partial charge in [0, 0.05) is 18.8 Å². The van der Waals surface area contributed by atoms with Crippen LogP contribution in [0, 0.1) is 0 Å². The van der Waals surface area contributed by atoms with Crippen LogP contribution in [0.3, 0.4) is 0 Å². The number of rotatable bonds is 0. The second-order valence-electron chi connectivity index (χ2n) is 3.52. The molecule has 2 N–H and O–H groups in total. The maximum absolute atomic E-state index is 5.71. The Hall–Kier alpha value is -0.730. The molecular formula is C10H15ClN2. The van der Waals surface area contributed by atoms with Crippen molar-refractivity contribution in [3.05, 3.63) is 29.3 Å². The highest BCUT2D eigenvalue weighted by Crippen LogP contribution is 2.19. The third-order valence-corrected chi connectivity index (χ3v) is 2.43. The fraction of sp³-hybridized carbons (Fsp3) is 0.400. The van der Waals surface area contributed by atoms with Gasteiger partial charge in [0.2, 0.25) is 0 Å². The molecule has 0 aliphatic carbocycles. The van der Waals surface area contributed by atoms with Crippen LogP contribution in [0.25, 0.3) is 0 Å². The number of anilines is 1. The van der Waals surface area contributed by atoms with E-state index in [1.807, 2.05) is 6.07 Å². The van der Waals surface area contributed by atoms with E-state index in [1.165, 1.54) is 11.1 Å². The normalized spacial score (nSPS) is 16.1. The zero-order valence-electron chi connectivity index (χ0n) is 7.79. The number of hydrogen-bond donors (Lipinski definition) is 1. The molecule has 0 saturated heterocycles. The van der Waals surface area contributed by atoms with Gasteiger partial charge < -0.3 is 10.6 Å². The van der Waals surface area contributed by atoms with Crippen molar-refractivity contribution < 1.29 is 0 Å². The molecule has 0 amide bonds. The van der Waals surface area contributed by atoms with Crippen molar-refractivity contribution in [3.8, 4) is 0 Å². The summed E-state index contributed by atoms with van der Waals surface area (Å²) in [5.41, 5.74) is 9.44. The van der Waals surface area contributed by atoms with Crippen LogP contribution in [-0.2, 0) is 13.0 Å². The van der Waals surface area contributed by atoms with Crippen LogP contribution in [-0.4, -0.2) is 18.5 Å². The number of nitrogen functional groups attached to an aromatic ring is 1. The summed E-state index contributed by atoms with van der Waals surface area (Å²) in [6.07, 6.45) is 1.16. The summed E-state index contributed by atoms with van der Waals surface area (Å²) in [5, 5.41) is 0. The maximum Gasteiger partial charge on any atom is 0.0317 e. The highest BCUT2D eigenvalue weighted by atomic mass is 35.5. The first kappa shape index (κ1) is 10.4. The lowest BCUT2D eigenvalue weighted by molar-refractivity contribution is 0.313. The smallest absolute Gasteiger partial charge is 0.0317 e. The monoisotopic (exact) mass is 198 g/mol. The predicted octanol–water partition coefficient (Wildman–Crippen LogP) is 1.68. The van der Waals surface area contributed by atoms with Crippen molar-refractivity contribution in [2.45, 2.75) is 13.0 Å². The minimum atomic E-state index is 0. The molecule has 0 unspecified atom stereocenters. The number of halogens is 1. The van der Waals surface area contributed by atoms with Crippen molar-refractivity contribution >= 4 is 18.1 Å². The third kappa shape index (κ3) is 2.14. The Labute approximate surface area is 85.1 Å². The van der Waals surface area contributed by atoms with Crippen molar-refractivity contribution in [1.82, 2.24) is 4.90 Å². The molecule has 0 saturated carbocycles. The van der Waals surface area contributed by atoms with E-state index in [2.05, 4.69) is 24.1 Å². The molecule has 13 heavy (non-hydrogen) atoms. The Kier molecular flexibility index (Phi) is 3.17. The molecule has 1 aromatic carbocycles. The van der Waals surface area contributed by atoms with Gasteiger partial charge in [-0.3, -0.25) is 0 Å². The average Bonchev–Trinajstić information content (AvgIpc) is 2.03. The van der Waals surface area contributed by atoms with E-state index in [4.69, 9.17) is 5.73 Å². The molecule has 0 atom stereocenters. The van der Waals surface area contributed by atoms with E-state index in [0.717, 1.165) is 25.2 Å². The van der Waals surface area contributed by atoms with Gasteiger partial charge in [-0.1, -0.05) is 6.07 Å². The molecule has 0 bridgehead atoms. The van der Waals surface area contributed by atoms with Gasteiger partial charge in [0.25, 0.3) is 0 Å². The minimum absolute atomic E-state index is 0. The van der Waals surface area contributed by atoms with Crippen molar-refractivity contribution in [2.75, 3.05) is 19.3 Å². The van der Waals surface area contributed by atoms with Crippen LogP contribution in [0.5, 0.6) is 0 Å². The summed E-state index contributed by atoms with van der Waals surface area (Å²) in [5.74, 6) is 0. The van der Waals surface area contributed by atoms with E-state index in [0.29, 0.717) is 0 Å². The first-order valence-electron chi connectivity index (χ1n) is 4.31. The van der Waals surface area contributed by atoms with Crippen LogP contribution >= 0.6 is 12.4 Å². The van der Waals surface area contributed by atoms with Gasteiger partial charge in [-0.05, 0) is 36.7 Å². The lowest BCUT2D eigenvalue weighted by atomic mass is 10.00. The Bertz CT molecular complexity index is 299. The zero-order chi connectivity index (χ0) is 8.55. The summed E-state index contributed by atoms with van der Waals surface area (Å²) in [4.78, 5) is 2.32. The zero-order valence-corrected chi connectivity index (χ0v) is 8.60. The number of hydrogen-bond acceptors (Lipinski definition) is 2. The van der Waals surface area contributed by atoms with Crippen LogP contribution in [0.2, 0.25) is 0 Å². The topological polar surface area (TPSA) is 29.3 Å². The van der Waals surface area contributed by atoms with Crippen LogP contribution in [0.1, 0.15) is 11.1 Å². The molecule has 1 aromatic rings. The maximum atomic E-state index is 5.71. The average molecular weight is 199 g/mol. The number of fused-ring (bicyclic) bond motifs is 1. The Morgan fingerprint density at radius 1 is 1.31 bits per heavy atom. The van der Waals surface area contributed by atoms with E-state index >= 15 is 0 Å². The molecule has 1 heterocycles. The van der Waals surface area contributed by atoms with Gasteiger partial charge in [0.15, 0.2) is 0 Å². The molecule has 3 heteroatoms. The van der Waals surface area contributed by atoms with Crippen molar-refractivity contribution in [2.24, 2.45) is 0 Å². The molecule has 0 radical (unpaired) electrons. The molecule has 1 aliphatic heterocycles. The number of nitrogens with two attached hydrogens (primary N) is 1. The Balaban J connectivity index is 0.000000845. The molecular weight excluding hydrogens is 184 g/mol. The second-order valence-corrected chi connectivity index (χ2v) is 3.52. The highest BCUT2D eigenvalue weighted by Gasteiger charge is 2.12. The van der Waals surface area contributed by atoms with Gasteiger partial charge in [0.1, 0.15) is 0 Å². The third-order valence-electron chi connectivity index (χ3n) is 2.43. The van der Waals surface area contributed by atoms with E-state index in [1.54, 1.807) is 0 Å². The first-order valence-corrected chi connectivity index (χ1v) is 4.31. The second kappa shape index (κ2) is 3.99. The summed E-state index contributed by atoms with van der Waals surface area (Å²) in [6.45, 7) is 2.21. The number of likely N-dealkylation sites (N-methyl/N-ethyl adjacent to an activating group) is 1. The summed E-state index contributed by atoms with van der Waals surface area (Å²) in [6, 6.07) is 6.23. The van der Waals surface area contributed by atoms with Crippen molar-refractivity contribution in [1.29, 1.82) is 0 Å². The lowest BCUT2D eigenvalue weighted by Crippen LogP contribution is -2.26. The quantitative estimate of drug-likeness (QED) is 0.643. The number of benzene rings is 1. The molecule has 2 nitrogen and oxygen atoms in total. The van der Waals surface area contributed by atoms with E-state index in [-0.39, 0.29) is 12.4 Å². The van der Waals surface area contributed by atoms with Crippen LogP contribution in [0.15, 0.2) is 18.2 Å². The van der Waals surface area contributed by atoms with Gasteiger partial charge in [-0.15, -0.1) is 12.4 Å². The molecule has 1 aliphatic rings. The van der Waals surface area contributed by atoms with E-state index < -0.39 is 0 Å². The molecule has 2 rings (SSSR count). The Morgan fingerprint density at radius 2 is 2.08 bits per heavy atom. The van der Waals surface area contributed by atoms with Gasteiger partial charge in [-0.25, -0.2) is 0 Å². The van der Waals surface area contributed by atoms with Crippen LogP contribution in [0.4, 0.5) is 5.69 Å². The van der Waals surface area contributed by atoms with Gasteiger partial charge in [-0.2, -0.15) is 0 Å². The molecule has 0 aromatic heterocycles. The summed E-state index contributed by atoms with van der Waals surface area (Å²) >= 11 is 0. The highest BCUT2D eigenvalue weighted by molar-refractivity contribution is 5.85. The largest absolute Gasteiger partial charge is 0.399 e. The molecule has 72 valence electrons. The molecule has 0 spiro atoms. The summed E-state index contributed by atoms with van der Waals surface area (Å²) < 4.78 is 0. The fourth-order valence-corrected chi connectivity index (χ4v) is 1.72. The van der Waals surface area contributed by atoms with Gasteiger partial charge >= 0.3 is 0 Å². The lowest BCUT2D eigenvalue weighted by Gasteiger charge is -2.24. The number of nitrogens with zero attached hydrogens (tertiary/aromatic N) is 1. The predicted molar refractivity (Wildman–Crippen MR) is 58.1 cm³/mol. The summed E-state index contributed by atoms with van der Waals surface area (Å²) in [7, 11) is 2.14. The molecule has 0 fully saturated rings. The standard InChI is InChI=1S/C10H14N2.ClH/c1-12-5-4-8-2-3-10(11)6-9(8)7-12;/h2-3,6H,4-5,7,11H2,1H3;1H. The van der Waals surface area contributed by atoms with Crippen LogP contribution < -0.4 is 5.73 Å². The fourth-order valence-electron chi connectivity index (χ4n) is 1.72. The van der Waals surface area contributed by atoms with Crippen molar-refractivity contribution in [3.63, 3.8) is 0 Å². The Morgan fingerprint density at radius 3 is 2.85 bits per heavy atom. The minimum Gasteiger partial charge on any atom is -0.399 e.